The highest BCUT2D eigenvalue weighted by Gasteiger charge is 2.57. The Morgan fingerprint density at radius 2 is 1.54 bits per heavy atom. The van der Waals surface area contributed by atoms with Crippen molar-refractivity contribution in [3.8, 4) is 0 Å². The largest absolute Gasteiger partial charge is 0.418 e. The van der Waals surface area contributed by atoms with Crippen molar-refractivity contribution < 1.29 is 27.6 Å². The first kappa shape index (κ1) is 31.8. The van der Waals surface area contributed by atoms with Gasteiger partial charge in [-0.1, -0.05) is 98.5 Å². The molecule has 1 aromatic heterocycles. The van der Waals surface area contributed by atoms with Crippen LogP contribution in [-0.2, 0) is 32.5 Å². The molecule has 238 valence electrons. The number of anilines is 2. The smallest absolute Gasteiger partial charge is 0.324 e. The van der Waals surface area contributed by atoms with E-state index >= 15 is 0 Å². The number of halogens is 3. The molecule has 0 aliphatic carbocycles. The maximum atomic E-state index is 14.1. The average Bonchev–Trinajstić information content (AvgIpc) is 3.43. The van der Waals surface area contributed by atoms with Gasteiger partial charge in [0, 0.05) is 16.5 Å². The van der Waals surface area contributed by atoms with Crippen LogP contribution in [0.25, 0.3) is 0 Å². The standard InChI is InChI=1S/C34H30F3N3O4S2/c1-18-9-5-7-11-22(18)38-24(41)17-39-31-28(46-32(39)44)25(19-13-15-20(16-14-19)33(2,3)4)26-27(45-31)30(43)40(29(26)42)23-12-8-6-10-21(23)34(35,36)37/h5-16,25-27H,17H2,1-4H3,(H,38,41). The highest BCUT2D eigenvalue weighted by molar-refractivity contribution is 8.00. The summed E-state index contributed by atoms with van der Waals surface area (Å²) in [6, 6.07) is 19.2. The number of rotatable bonds is 5. The van der Waals surface area contributed by atoms with E-state index in [0.717, 1.165) is 46.4 Å². The number of nitrogens with zero attached hydrogens (tertiary/aromatic N) is 2. The van der Waals surface area contributed by atoms with Crippen molar-refractivity contribution in [1.29, 1.82) is 0 Å². The molecule has 46 heavy (non-hydrogen) atoms. The molecule has 12 heteroatoms. The van der Waals surface area contributed by atoms with Crippen LogP contribution in [0.3, 0.4) is 0 Å². The summed E-state index contributed by atoms with van der Waals surface area (Å²) in [6.07, 6.45) is -4.80. The number of fused-ring (bicyclic) bond motifs is 2. The molecule has 4 aromatic rings. The van der Waals surface area contributed by atoms with Gasteiger partial charge >= 0.3 is 11.0 Å². The lowest BCUT2D eigenvalue weighted by molar-refractivity contribution is -0.137. The number of benzene rings is 3. The molecule has 1 fully saturated rings. The van der Waals surface area contributed by atoms with Gasteiger partial charge in [0.05, 0.1) is 22.2 Å². The van der Waals surface area contributed by atoms with Crippen LogP contribution in [0.1, 0.15) is 53.8 Å². The molecule has 0 spiro atoms. The molecule has 0 bridgehead atoms. The number of nitrogens with one attached hydrogen (secondary N) is 1. The van der Waals surface area contributed by atoms with Crippen molar-refractivity contribution in [2.75, 3.05) is 10.2 Å². The molecule has 3 amide bonds. The summed E-state index contributed by atoms with van der Waals surface area (Å²) in [5.74, 6) is -3.89. The Kier molecular flexibility index (Phi) is 8.00. The minimum atomic E-state index is -4.80. The number of alkyl halides is 3. The number of hydrogen-bond donors (Lipinski definition) is 1. The maximum absolute atomic E-state index is 14.1. The number of aromatic nitrogens is 1. The Labute approximate surface area is 271 Å². The molecule has 1 saturated heterocycles. The van der Waals surface area contributed by atoms with Crippen LogP contribution in [0.2, 0.25) is 0 Å². The normalized spacial score (nSPS) is 19.6. The van der Waals surface area contributed by atoms with Crippen molar-refractivity contribution in [2.24, 2.45) is 5.92 Å². The Balaban J connectivity index is 1.45. The molecule has 7 nitrogen and oxygen atoms in total. The first-order valence-corrected chi connectivity index (χ1v) is 16.3. The van der Waals surface area contributed by atoms with Gasteiger partial charge in [-0.3, -0.25) is 23.7 Å². The summed E-state index contributed by atoms with van der Waals surface area (Å²) in [5.41, 5.74) is 1.29. The Morgan fingerprint density at radius 1 is 0.891 bits per heavy atom. The number of amides is 3. The van der Waals surface area contributed by atoms with E-state index in [2.05, 4.69) is 26.1 Å². The number of para-hydroxylation sites is 2. The van der Waals surface area contributed by atoms with Gasteiger partial charge in [0.15, 0.2) is 0 Å². The predicted octanol–water partition coefficient (Wildman–Crippen LogP) is 6.97. The molecule has 3 atom stereocenters. The predicted molar refractivity (Wildman–Crippen MR) is 172 cm³/mol. The highest BCUT2D eigenvalue weighted by Crippen LogP contribution is 2.54. The van der Waals surface area contributed by atoms with E-state index in [4.69, 9.17) is 0 Å². The fraction of sp³-hybridized carbons (Fsp3) is 0.294. The third kappa shape index (κ3) is 5.57. The number of hydrogen-bond acceptors (Lipinski definition) is 6. The molecule has 3 unspecified atom stereocenters. The fourth-order valence-electron chi connectivity index (χ4n) is 6.00. The summed E-state index contributed by atoms with van der Waals surface area (Å²) in [6.45, 7) is 7.65. The van der Waals surface area contributed by atoms with Crippen LogP contribution in [0, 0.1) is 12.8 Å². The molecule has 3 aromatic carbocycles. The molecule has 3 heterocycles. The zero-order valence-corrected chi connectivity index (χ0v) is 27.0. The van der Waals surface area contributed by atoms with E-state index in [1.807, 2.05) is 43.3 Å². The molecule has 1 N–H and O–H groups in total. The summed E-state index contributed by atoms with van der Waals surface area (Å²) >= 11 is 1.84. The van der Waals surface area contributed by atoms with Gasteiger partial charge in [0.1, 0.15) is 11.8 Å². The zero-order chi connectivity index (χ0) is 33.1. The van der Waals surface area contributed by atoms with Gasteiger partial charge in [0.25, 0.3) is 0 Å². The lowest BCUT2D eigenvalue weighted by Gasteiger charge is -2.31. The fourth-order valence-corrected chi connectivity index (χ4v) is 8.77. The van der Waals surface area contributed by atoms with Gasteiger partial charge < -0.3 is 5.32 Å². The van der Waals surface area contributed by atoms with Crippen molar-refractivity contribution in [3.05, 3.63) is 110 Å². The van der Waals surface area contributed by atoms with E-state index in [1.54, 1.807) is 12.1 Å². The van der Waals surface area contributed by atoms with E-state index < -0.39 is 57.1 Å². The van der Waals surface area contributed by atoms with Crippen molar-refractivity contribution in [3.63, 3.8) is 0 Å². The second-order valence-corrected chi connectivity index (χ2v) is 14.6. The average molecular weight is 666 g/mol. The van der Waals surface area contributed by atoms with Crippen LogP contribution in [0.4, 0.5) is 24.5 Å². The minimum absolute atomic E-state index is 0.176. The summed E-state index contributed by atoms with van der Waals surface area (Å²) < 4.78 is 43.4. The van der Waals surface area contributed by atoms with Crippen LogP contribution >= 0.6 is 23.1 Å². The van der Waals surface area contributed by atoms with Gasteiger partial charge in [-0.05, 0) is 47.2 Å². The van der Waals surface area contributed by atoms with E-state index in [0.29, 0.717) is 26.1 Å². The summed E-state index contributed by atoms with van der Waals surface area (Å²) in [4.78, 5) is 55.4. The molecule has 2 aliphatic rings. The lowest BCUT2D eigenvalue weighted by atomic mass is 9.81. The minimum Gasteiger partial charge on any atom is -0.324 e. The van der Waals surface area contributed by atoms with E-state index in [9.17, 15) is 32.3 Å². The third-order valence-corrected chi connectivity index (χ3v) is 11.0. The van der Waals surface area contributed by atoms with Crippen LogP contribution in [0.15, 0.2) is 82.6 Å². The Morgan fingerprint density at radius 3 is 2.20 bits per heavy atom. The maximum Gasteiger partial charge on any atom is 0.418 e. The molecular weight excluding hydrogens is 636 g/mol. The van der Waals surface area contributed by atoms with Gasteiger partial charge in [-0.2, -0.15) is 13.2 Å². The Bertz CT molecular complexity index is 1930. The number of thiazole rings is 1. The second-order valence-electron chi connectivity index (χ2n) is 12.4. The SMILES string of the molecule is Cc1ccccc1NC(=O)Cn1c2c(sc1=O)C(c1ccc(C(C)(C)C)cc1)C1C(=O)N(c3ccccc3C(F)(F)F)C(=O)C1S2. The Hall–Kier alpha value is -4.16. The van der Waals surface area contributed by atoms with E-state index in [1.165, 1.54) is 16.7 Å². The van der Waals surface area contributed by atoms with Crippen molar-refractivity contribution >= 4 is 52.2 Å². The summed E-state index contributed by atoms with van der Waals surface area (Å²) in [5, 5.41) is 2.06. The summed E-state index contributed by atoms with van der Waals surface area (Å²) in [7, 11) is 0. The van der Waals surface area contributed by atoms with Gasteiger partial charge in [-0.25, -0.2) is 4.90 Å². The topological polar surface area (TPSA) is 88.5 Å². The van der Waals surface area contributed by atoms with Crippen LogP contribution in [0.5, 0.6) is 0 Å². The monoisotopic (exact) mass is 665 g/mol. The van der Waals surface area contributed by atoms with Crippen molar-refractivity contribution in [1.82, 2.24) is 4.57 Å². The molecule has 6 rings (SSSR count). The third-order valence-electron chi connectivity index (χ3n) is 8.36. The number of thioether (sulfide) groups is 1. The second kappa shape index (κ2) is 11.6. The first-order chi connectivity index (χ1) is 21.7. The van der Waals surface area contributed by atoms with Gasteiger partial charge in [0.2, 0.25) is 17.7 Å². The molecule has 0 radical (unpaired) electrons. The number of aryl methyl sites for hydroxylation is 1. The molecule has 2 aliphatic heterocycles. The van der Waals surface area contributed by atoms with Crippen LogP contribution < -0.4 is 15.1 Å². The molecular formula is C34H30F3N3O4S2. The van der Waals surface area contributed by atoms with Crippen LogP contribution in [-0.4, -0.2) is 27.5 Å². The number of carbonyl (C=O) groups excluding carboxylic acids is 3. The highest BCUT2D eigenvalue weighted by atomic mass is 32.2. The zero-order valence-electron chi connectivity index (χ0n) is 25.3. The van der Waals surface area contributed by atoms with Gasteiger partial charge in [-0.15, -0.1) is 0 Å². The lowest BCUT2D eigenvalue weighted by Crippen LogP contribution is -2.33. The van der Waals surface area contributed by atoms with Crippen molar-refractivity contribution in [2.45, 2.75) is 62.0 Å². The number of carbonyl (C=O) groups is 3. The number of imide groups is 1. The quantitative estimate of drug-likeness (QED) is 0.233. The molecule has 0 saturated carbocycles. The first-order valence-electron chi connectivity index (χ1n) is 14.6. The van der Waals surface area contributed by atoms with E-state index in [-0.39, 0.29) is 12.0 Å².